The van der Waals surface area contributed by atoms with E-state index in [1.54, 1.807) is 0 Å². The fraction of sp³-hybridized carbons (Fsp3) is 0.417. The van der Waals surface area contributed by atoms with E-state index in [0.717, 1.165) is 12.1 Å². The smallest absolute Gasteiger partial charge is 0.295 e. The molecule has 1 aliphatic rings. The summed E-state index contributed by atoms with van der Waals surface area (Å²) in [7, 11) is 0. The van der Waals surface area contributed by atoms with Crippen LogP contribution >= 0.6 is 0 Å². The molecule has 0 spiro atoms. The van der Waals surface area contributed by atoms with E-state index >= 15 is 0 Å². The summed E-state index contributed by atoms with van der Waals surface area (Å²) in [6, 6.07) is 3.48. The van der Waals surface area contributed by atoms with Crippen LogP contribution in [0.2, 0.25) is 0 Å². The van der Waals surface area contributed by atoms with Crippen LogP contribution in [0.1, 0.15) is 18.6 Å². The fourth-order valence-corrected chi connectivity index (χ4v) is 2.19. The highest BCUT2D eigenvalue weighted by molar-refractivity contribution is 5.87. The van der Waals surface area contributed by atoms with E-state index in [2.05, 4.69) is 5.16 Å². The van der Waals surface area contributed by atoms with Crippen molar-refractivity contribution in [1.29, 1.82) is 0 Å². The third-order valence-electron chi connectivity index (χ3n) is 3.39. The Morgan fingerprint density at radius 3 is 2.32 bits per heavy atom. The highest BCUT2D eigenvalue weighted by atomic mass is 16.7. The number of benzene rings is 1. The normalized spacial score (nSPS) is 23.3. The molecule has 1 aliphatic heterocycles. The molecule has 0 bridgehead atoms. The lowest BCUT2D eigenvalue weighted by atomic mass is 9.95. The first-order valence-corrected chi connectivity index (χ1v) is 6.27. The molecule has 2 N–H and O–H groups in total. The Morgan fingerprint density at radius 2 is 1.82 bits per heavy atom. The molecular weight excluding hydrogens is 298 g/mol. The van der Waals surface area contributed by atoms with Crippen LogP contribution in [0.3, 0.4) is 0 Å². The molecule has 0 aliphatic carbocycles. The molecule has 0 saturated carbocycles. The van der Waals surface area contributed by atoms with Crippen molar-refractivity contribution in [2.75, 3.05) is 0 Å². The van der Waals surface area contributed by atoms with Crippen LogP contribution < -0.4 is 0 Å². The van der Waals surface area contributed by atoms with Crippen LogP contribution in [0.4, 0.5) is 5.69 Å². The molecule has 10 nitrogen and oxygen atoms in total. The van der Waals surface area contributed by atoms with Crippen molar-refractivity contribution in [1.82, 2.24) is 0 Å². The maximum atomic E-state index is 11.0. The summed E-state index contributed by atoms with van der Waals surface area (Å²) in [5.41, 5.74) is 0.0863. The molecule has 118 valence electrons. The fourth-order valence-electron chi connectivity index (χ4n) is 2.19. The van der Waals surface area contributed by atoms with Gasteiger partial charge in [0.25, 0.3) is 11.7 Å². The lowest BCUT2D eigenvalue weighted by molar-refractivity contribution is -0.514. The third kappa shape index (κ3) is 2.87. The van der Waals surface area contributed by atoms with Crippen LogP contribution in [-0.2, 0) is 4.84 Å². The monoisotopic (exact) mass is 311 g/mol. The largest absolute Gasteiger partial charge is 0.386 e. The minimum atomic E-state index is -1.61. The summed E-state index contributed by atoms with van der Waals surface area (Å²) in [5, 5.41) is 45.2. The van der Waals surface area contributed by atoms with E-state index in [1.165, 1.54) is 19.1 Å². The van der Waals surface area contributed by atoms with E-state index in [4.69, 9.17) is 4.84 Å². The number of oxime groups is 1. The first-order chi connectivity index (χ1) is 10.3. The Balaban J connectivity index is 2.16. The van der Waals surface area contributed by atoms with Crippen molar-refractivity contribution in [3.63, 3.8) is 0 Å². The van der Waals surface area contributed by atoms with Gasteiger partial charge in [-0.15, -0.1) is 0 Å². The van der Waals surface area contributed by atoms with E-state index < -0.39 is 34.2 Å². The Labute approximate surface area is 123 Å². The van der Waals surface area contributed by atoms with Gasteiger partial charge in [-0.2, -0.15) is 0 Å². The SMILES string of the molecule is CC1=NO[C@@H]([C@@H](O)[C@H](O)c2ccc([N+](=O)[O-])cc2)[C@@H]1[N+](=O)[O-]. The number of aliphatic hydroxyl groups excluding tert-OH is 2. The molecule has 1 heterocycles. The number of aliphatic hydroxyl groups is 2. The predicted octanol–water partition coefficient (Wildman–Crippen LogP) is 0.409. The molecule has 0 aromatic heterocycles. The molecule has 2 rings (SSSR count). The van der Waals surface area contributed by atoms with Gasteiger partial charge in [-0.05, 0) is 24.6 Å². The number of nitrogens with zero attached hydrogens (tertiary/aromatic N) is 3. The Kier molecular flexibility index (Phi) is 4.33. The summed E-state index contributed by atoms with van der Waals surface area (Å²) in [4.78, 5) is 25.1. The van der Waals surface area contributed by atoms with Gasteiger partial charge < -0.3 is 15.1 Å². The number of hydrogen-bond acceptors (Lipinski definition) is 8. The lowest BCUT2D eigenvalue weighted by Gasteiger charge is -2.23. The average molecular weight is 311 g/mol. The zero-order valence-corrected chi connectivity index (χ0v) is 11.4. The van der Waals surface area contributed by atoms with Crippen LogP contribution in [0.25, 0.3) is 0 Å². The zero-order chi connectivity index (χ0) is 16.4. The molecule has 22 heavy (non-hydrogen) atoms. The summed E-state index contributed by atoms with van der Waals surface area (Å²) in [6.45, 7) is 1.39. The van der Waals surface area contributed by atoms with Gasteiger partial charge in [0, 0.05) is 17.1 Å². The topological polar surface area (TPSA) is 148 Å². The maximum Gasteiger partial charge on any atom is 0.295 e. The molecular formula is C12H13N3O7. The molecule has 0 unspecified atom stereocenters. The second-order valence-electron chi connectivity index (χ2n) is 4.82. The van der Waals surface area contributed by atoms with Crippen LogP contribution in [-0.4, -0.2) is 44.0 Å². The first-order valence-electron chi connectivity index (χ1n) is 6.27. The van der Waals surface area contributed by atoms with Gasteiger partial charge in [0.05, 0.1) is 4.92 Å². The van der Waals surface area contributed by atoms with Gasteiger partial charge in [0.2, 0.25) is 6.10 Å². The molecule has 0 saturated heterocycles. The van der Waals surface area contributed by atoms with E-state index in [1.807, 2.05) is 0 Å². The van der Waals surface area contributed by atoms with Crippen molar-refractivity contribution < 1.29 is 24.9 Å². The van der Waals surface area contributed by atoms with Gasteiger partial charge >= 0.3 is 0 Å². The number of nitro groups is 2. The van der Waals surface area contributed by atoms with Crippen molar-refractivity contribution >= 4 is 11.4 Å². The van der Waals surface area contributed by atoms with Crippen molar-refractivity contribution in [2.24, 2.45) is 5.16 Å². The van der Waals surface area contributed by atoms with Gasteiger partial charge in [0.1, 0.15) is 17.9 Å². The second-order valence-corrected chi connectivity index (χ2v) is 4.82. The minimum Gasteiger partial charge on any atom is -0.386 e. The Morgan fingerprint density at radius 1 is 1.23 bits per heavy atom. The summed E-state index contributed by atoms with van der Waals surface area (Å²) < 4.78 is 0. The molecule has 0 amide bonds. The number of rotatable bonds is 5. The van der Waals surface area contributed by atoms with Crippen LogP contribution in [0, 0.1) is 20.2 Å². The summed E-state index contributed by atoms with van der Waals surface area (Å²) in [6.07, 6.45) is -4.45. The minimum absolute atomic E-state index is 0.0879. The quantitative estimate of drug-likeness (QED) is 0.590. The molecule has 0 fully saturated rings. The van der Waals surface area contributed by atoms with E-state index in [9.17, 15) is 30.4 Å². The highest BCUT2D eigenvalue weighted by Crippen LogP contribution is 2.27. The van der Waals surface area contributed by atoms with Crippen molar-refractivity contribution in [2.45, 2.75) is 31.3 Å². The number of hydrogen-bond donors (Lipinski definition) is 2. The van der Waals surface area contributed by atoms with Gasteiger partial charge in [-0.1, -0.05) is 5.16 Å². The van der Waals surface area contributed by atoms with Crippen molar-refractivity contribution in [3.05, 3.63) is 50.1 Å². The lowest BCUT2D eigenvalue weighted by Crippen LogP contribution is -2.45. The Hall–Kier alpha value is -2.59. The van der Waals surface area contributed by atoms with Crippen LogP contribution in [0.15, 0.2) is 29.4 Å². The zero-order valence-electron chi connectivity index (χ0n) is 11.4. The van der Waals surface area contributed by atoms with Gasteiger partial charge in [-0.3, -0.25) is 20.2 Å². The molecule has 10 heteroatoms. The first kappa shape index (κ1) is 15.8. The average Bonchev–Trinajstić information content (AvgIpc) is 2.87. The van der Waals surface area contributed by atoms with E-state index in [0.29, 0.717) is 0 Å². The number of nitro benzene ring substituents is 1. The third-order valence-corrected chi connectivity index (χ3v) is 3.39. The standard InChI is InChI=1S/C12H13N3O7/c1-6-9(15(20)21)12(22-13-6)11(17)10(16)7-2-4-8(5-3-7)14(18)19/h2-5,9-12,16-17H,1H3/t9-,10-,11+,12-/m1/s1. The molecule has 4 atom stereocenters. The molecule has 1 aromatic carbocycles. The number of non-ortho nitro benzene ring substituents is 1. The van der Waals surface area contributed by atoms with E-state index in [-0.39, 0.29) is 17.0 Å². The predicted molar refractivity (Wildman–Crippen MR) is 72.8 cm³/mol. The molecule has 1 aromatic rings. The highest BCUT2D eigenvalue weighted by Gasteiger charge is 2.48. The maximum absolute atomic E-state index is 11.0. The summed E-state index contributed by atoms with van der Waals surface area (Å²) in [5.74, 6) is 0. The molecule has 0 radical (unpaired) electrons. The van der Waals surface area contributed by atoms with Gasteiger partial charge in [-0.25, -0.2) is 0 Å². The summed E-state index contributed by atoms with van der Waals surface area (Å²) >= 11 is 0. The van der Waals surface area contributed by atoms with Gasteiger partial charge in [0.15, 0.2) is 0 Å². The Bertz CT molecular complexity index is 616. The van der Waals surface area contributed by atoms with Crippen LogP contribution in [0.5, 0.6) is 0 Å². The second kappa shape index (κ2) is 6.03. The van der Waals surface area contributed by atoms with Crippen molar-refractivity contribution in [3.8, 4) is 0 Å².